The summed E-state index contributed by atoms with van der Waals surface area (Å²) >= 11 is 0. The highest BCUT2D eigenvalue weighted by Gasteiger charge is 2.16. The van der Waals surface area contributed by atoms with Crippen LogP contribution in [-0.2, 0) is 16.1 Å². The lowest BCUT2D eigenvalue weighted by molar-refractivity contribution is -0.137. The average Bonchev–Trinajstić information content (AvgIpc) is 2.67. The zero-order valence-electron chi connectivity index (χ0n) is 16.5. The molecule has 0 aromatic heterocycles. The van der Waals surface area contributed by atoms with E-state index in [1.54, 1.807) is 19.1 Å². The number of esters is 1. The van der Waals surface area contributed by atoms with Crippen molar-refractivity contribution in [3.8, 4) is 0 Å². The lowest BCUT2D eigenvalue weighted by Gasteiger charge is -2.26. The summed E-state index contributed by atoms with van der Waals surface area (Å²) in [5.74, 6) is -0.872. The summed E-state index contributed by atoms with van der Waals surface area (Å²) < 4.78 is 18.1. The fourth-order valence-electron chi connectivity index (χ4n) is 2.79. The smallest absolute Gasteiger partial charge is 0.330 e. The van der Waals surface area contributed by atoms with Gasteiger partial charge in [-0.2, -0.15) is 0 Å². The van der Waals surface area contributed by atoms with E-state index in [0.29, 0.717) is 30.8 Å². The number of hydrogen-bond donors (Lipinski definition) is 0. The van der Waals surface area contributed by atoms with Crippen LogP contribution in [0.15, 0.2) is 60.7 Å². The van der Waals surface area contributed by atoms with E-state index >= 15 is 0 Å². The standard InChI is InChI=1S/C23H26FNO3/c1-4-28-22(26)10-7-15-25(17(2)3)16-19-8-5-6-9-21(19)23(27)18-11-13-20(24)14-12-18/h5-14,17H,4,15-16H2,1-3H3. The average molecular weight is 383 g/mol. The van der Waals surface area contributed by atoms with Crippen LogP contribution in [0.5, 0.6) is 0 Å². The van der Waals surface area contributed by atoms with E-state index in [1.165, 1.54) is 30.3 Å². The van der Waals surface area contributed by atoms with Gasteiger partial charge in [0.1, 0.15) is 5.82 Å². The summed E-state index contributed by atoms with van der Waals surface area (Å²) in [6.45, 7) is 7.33. The first-order valence-electron chi connectivity index (χ1n) is 9.38. The molecular formula is C23H26FNO3. The Hall–Kier alpha value is -2.79. The van der Waals surface area contributed by atoms with Crippen LogP contribution in [-0.4, -0.2) is 35.8 Å². The van der Waals surface area contributed by atoms with Crippen LogP contribution in [0, 0.1) is 5.82 Å². The summed E-state index contributed by atoms with van der Waals surface area (Å²) in [5, 5.41) is 0. The fourth-order valence-corrected chi connectivity index (χ4v) is 2.79. The summed E-state index contributed by atoms with van der Waals surface area (Å²) in [4.78, 5) is 26.5. The molecule has 2 aromatic carbocycles. The maximum atomic E-state index is 13.2. The van der Waals surface area contributed by atoms with E-state index in [9.17, 15) is 14.0 Å². The largest absolute Gasteiger partial charge is 0.463 e. The monoisotopic (exact) mass is 383 g/mol. The Bertz CT molecular complexity index is 828. The van der Waals surface area contributed by atoms with Gasteiger partial charge in [0.15, 0.2) is 5.78 Å². The Kier molecular flexibility index (Phi) is 8.08. The second kappa shape index (κ2) is 10.5. The van der Waals surface area contributed by atoms with Gasteiger partial charge in [-0.15, -0.1) is 0 Å². The number of nitrogens with zero attached hydrogens (tertiary/aromatic N) is 1. The highest BCUT2D eigenvalue weighted by Crippen LogP contribution is 2.18. The molecule has 28 heavy (non-hydrogen) atoms. The summed E-state index contributed by atoms with van der Waals surface area (Å²) in [7, 11) is 0. The van der Waals surface area contributed by atoms with Gasteiger partial charge in [-0.05, 0) is 50.6 Å². The Morgan fingerprint density at radius 2 is 1.79 bits per heavy atom. The maximum Gasteiger partial charge on any atom is 0.330 e. The number of rotatable bonds is 9. The van der Waals surface area contributed by atoms with Gasteiger partial charge in [0.05, 0.1) is 6.61 Å². The second-order valence-corrected chi connectivity index (χ2v) is 6.67. The molecule has 0 amide bonds. The van der Waals surface area contributed by atoms with E-state index in [2.05, 4.69) is 18.7 Å². The van der Waals surface area contributed by atoms with Crippen molar-refractivity contribution >= 4 is 11.8 Å². The van der Waals surface area contributed by atoms with Crippen LogP contribution in [0.4, 0.5) is 4.39 Å². The molecule has 0 atom stereocenters. The van der Waals surface area contributed by atoms with Crippen LogP contribution in [0.3, 0.4) is 0 Å². The maximum absolute atomic E-state index is 13.2. The predicted molar refractivity (Wildman–Crippen MR) is 108 cm³/mol. The van der Waals surface area contributed by atoms with Gasteiger partial charge >= 0.3 is 5.97 Å². The number of benzene rings is 2. The molecule has 148 valence electrons. The molecule has 0 spiro atoms. The molecule has 2 aromatic rings. The molecule has 0 aliphatic carbocycles. The lowest BCUT2D eigenvalue weighted by Crippen LogP contribution is -2.31. The minimum atomic E-state index is -0.371. The van der Waals surface area contributed by atoms with Crippen molar-refractivity contribution in [2.75, 3.05) is 13.2 Å². The molecule has 4 nitrogen and oxygen atoms in total. The molecule has 2 rings (SSSR count). The minimum absolute atomic E-state index is 0.138. The Morgan fingerprint density at radius 3 is 2.43 bits per heavy atom. The zero-order chi connectivity index (χ0) is 20.5. The highest BCUT2D eigenvalue weighted by molar-refractivity contribution is 6.09. The van der Waals surface area contributed by atoms with Gasteiger partial charge in [-0.25, -0.2) is 9.18 Å². The van der Waals surface area contributed by atoms with Crippen LogP contribution in [0.25, 0.3) is 0 Å². The van der Waals surface area contributed by atoms with Crippen LogP contribution in [0.1, 0.15) is 42.3 Å². The Morgan fingerprint density at radius 1 is 1.11 bits per heavy atom. The molecule has 0 aliphatic rings. The minimum Gasteiger partial charge on any atom is -0.463 e. The third kappa shape index (κ3) is 6.13. The lowest BCUT2D eigenvalue weighted by atomic mass is 9.97. The number of halogens is 1. The van der Waals surface area contributed by atoms with E-state index in [4.69, 9.17) is 4.74 Å². The Labute approximate surface area is 165 Å². The molecule has 0 aliphatic heterocycles. The molecule has 0 heterocycles. The van der Waals surface area contributed by atoms with Crippen molar-refractivity contribution in [3.05, 3.63) is 83.2 Å². The zero-order valence-corrected chi connectivity index (χ0v) is 16.5. The third-order valence-corrected chi connectivity index (χ3v) is 4.35. The van der Waals surface area contributed by atoms with E-state index in [1.807, 2.05) is 18.2 Å². The highest BCUT2D eigenvalue weighted by atomic mass is 19.1. The summed E-state index contributed by atoms with van der Waals surface area (Å²) in [6, 6.07) is 13.2. The van der Waals surface area contributed by atoms with E-state index < -0.39 is 0 Å². The first-order valence-corrected chi connectivity index (χ1v) is 9.38. The van der Waals surface area contributed by atoms with Crippen molar-refractivity contribution in [1.29, 1.82) is 0 Å². The van der Waals surface area contributed by atoms with Crippen LogP contribution >= 0.6 is 0 Å². The first kappa shape index (κ1) is 21.5. The third-order valence-electron chi connectivity index (χ3n) is 4.35. The van der Waals surface area contributed by atoms with E-state index in [0.717, 1.165) is 5.56 Å². The molecule has 0 bridgehead atoms. The fraction of sp³-hybridized carbons (Fsp3) is 0.304. The van der Waals surface area contributed by atoms with Crippen molar-refractivity contribution in [3.63, 3.8) is 0 Å². The topological polar surface area (TPSA) is 46.6 Å². The number of ketones is 1. The molecule has 0 N–H and O–H groups in total. The van der Waals surface area contributed by atoms with Gasteiger partial charge in [-0.3, -0.25) is 9.69 Å². The quantitative estimate of drug-likeness (QED) is 0.366. The summed E-state index contributed by atoms with van der Waals surface area (Å²) in [5.41, 5.74) is 1.93. The number of ether oxygens (including phenoxy) is 1. The van der Waals surface area contributed by atoms with Gasteiger partial charge in [0.25, 0.3) is 0 Å². The Balaban J connectivity index is 2.18. The normalized spacial score (nSPS) is 11.4. The molecule has 0 saturated carbocycles. The van der Waals surface area contributed by atoms with Crippen molar-refractivity contribution in [2.24, 2.45) is 0 Å². The molecule has 0 saturated heterocycles. The van der Waals surface area contributed by atoms with Crippen LogP contribution < -0.4 is 0 Å². The SMILES string of the molecule is CCOC(=O)C=CCN(Cc1ccccc1C(=O)c1ccc(F)cc1)C(C)C. The number of hydrogen-bond acceptors (Lipinski definition) is 4. The molecule has 0 fully saturated rings. The molecular weight excluding hydrogens is 357 g/mol. The van der Waals surface area contributed by atoms with Crippen molar-refractivity contribution < 1.29 is 18.7 Å². The van der Waals surface area contributed by atoms with Crippen LogP contribution in [0.2, 0.25) is 0 Å². The van der Waals surface area contributed by atoms with Crippen molar-refractivity contribution in [1.82, 2.24) is 4.90 Å². The van der Waals surface area contributed by atoms with Crippen molar-refractivity contribution in [2.45, 2.75) is 33.4 Å². The summed E-state index contributed by atoms with van der Waals surface area (Å²) in [6.07, 6.45) is 3.19. The molecule has 0 unspecified atom stereocenters. The van der Waals surface area contributed by atoms with Gasteiger partial charge in [0.2, 0.25) is 0 Å². The van der Waals surface area contributed by atoms with Gasteiger partial charge in [0, 0.05) is 36.3 Å². The molecule has 5 heteroatoms. The van der Waals surface area contributed by atoms with Gasteiger partial charge in [-0.1, -0.05) is 30.3 Å². The first-order chi connectivity index (χ1) is 13.4. The second-order valence-electron chi connectivity index (χ2n) is 6.67. The molecule has 0 radical (unpaired) electrons. The number of carbonyl (C=O) groups excluding carboxylic acids is 2. The predicted octanol–water partition coefficient (Wildman–Crippen LogP) is 4.39. The van der Waals surface area contributed by atoms with Gasteiger partial charge < -0.3 is 4.74 Å². The van der Waals surface area contributed by atoms with E-state index in [-0.39, 0.29) is 23.6 Å². The number of carbonyl (C=O) groups is 2.